The normalized spacial score (nSPS) is 21.8. The number of amides is 1. The van der Waals surface area contributed by atoms with Crippen molar-refractivity contribution in [3.63, 3.8) is 0 Å². The van der Waals surface area contributed by atoms with Gasteiger partial charge in [0.15, 0.2) is 0 Å². The summed E-state index contributed by atoms with van der Waals surface area (Å²) in [7, 11) is 0. The molecule has 2 N–H and O–H groups in total. The van der Waals surface area contributed by atoms with Crippen LogP contribution in [-0.4, -0.2) is 23.0 Å². The van der Waals surface area contributed by atoms with Crippen LogP contribution in [-0.2, 0) is 0 Å². The molecule has 0 aliphatic heterocycles. The Balaban J connectivity index is 1.97. The van der Waals surface area contributed by atoms with E-state index < -0.39 is 5.97 Å². The summed E-state index contributed by atoms with van der Waals surface area (Å²) in [6.45, 7) is 4.40. The van der Waals surface area contributed by atoms with Crippen LogP contribution in [0.3, 0.4) is 0 Å². The van der Waals surface area contributed by atoms with E-state index in [-0.39, 0.29) is 16.8 Å². The zero-order chi connectivity index (χ0) is 13.3. The molecule has 0 spiro atoms. The lowest BCUT2D eigenvalue weighted by Gasteiger charge is -2.17. The van der Waals surface area contributed by atoms with E-state index >= 15 is 0 Å². The highest BCUT2D eigenvalue weighted by Crippen LogP contribution is 2.37. The third kappa shape index (κ3) is 2.90. The van der Waals surface area contributed by atoms with Gasteiger partial charge in [0, 0.05) is 6.04 Å². The van der Waals surface area contributed by atoms with Crippen molar-refractivity contribution >= 4 is 23.2 Å². The van der Waals surface area contributed by atoms with Crippen molar-refractivity contribution in [3.05, 3.63) is 21.9 Å². The molecule has 1 unspecified atom stereocenters. The lowest BCUT2D eigenvalue weighted by molar-refractivity contribution is 0.0702. The molecular formula is C13H17NO3S. The van der Waals surface area contributed by atoms with E-state index in [9.17, 15) is 9.59 Å². The fraction of sp³-hybridized carbons (Fsp3) is 0.538. The molecule has 1 fully saturated rings. The predicted octanol–water partition coefficient (Wildman–Crippen LogP) is 2.75. The van der Waals surface area contributed by atoms with Crippen molar-refractivity contribution in [2.24, 2.45) is 5.41 Å². The number of carbonyl (C=O) groups excluding carboxylic acids is 1. The number of hydrogen-bond donors (Lipinski definition) is 2. The Morgan fingerprint density at radius 2 is 2.06 bits per heavy atom. The lowest BCUT2D eigenvalue weighted by atomic mass is 9.92. The number of thiophene rings is 1. The molecule has 18 heavy (non-hydrogen) atoms. The molecule has 1 atom stereocenters. The Kier molecular flexibility index (Phi) is 3.43. The zero-order valence-corrected chi connectivity index (χ0v) is 11.3. The second-order valence-electron chi connectivity index (χ2n) is 5.55. The molecule has 1 heterocycles. The molecule has 1 aromatic heterocycles. The zero-order valence-electron chi connectivity index (χ0n) is 10.5. The van der Waals surface area contributed by atoms with Gasteiger partial charge < -0.3 is 10.4 Å². The van der Waals surface area contributed by atoms with Crippen LogP contribution in [0.2, 0.25) is 0 Å². The first-order valence-corrected chi connectivity index (χ1v) is 6.83. The Labute approximate surface area is 110 Å². The van der Waals surface area contributed by atoms with Crippen LogP contribution in [0.5, 0.6) is 0 Å². The summed E-state index contributed by atoms with van der Waals surface area (Å²) in [5, 5.41) is 11.8. The maximum Gasteiger partial charge on any atom is 0.345 e. The summed E-state index contributed by atoms with van der Waals surface area (Å²) in [6.07, 6.45) is 3.09. The minimum absolute atomic E-state index is 0.157. The van der Waals surface area contributed by atoms with Gasteiger partial charge in [-0.1, -0.05) is 13.8 Å². The number of hydrogen-bond acceptors (Lipinski definition) is 3. The fourth-order valence-electron chi connectivity index (χ4n) is 2.39. The van der Waals surface area contributed by atoms with Crippen molar-refractivity contribution in [2.75, 3.05) is 0 Å². The van der Waals surface area contributed by atoms with Gasteiger partial charge in [0.2, 0.25) is 0 Å². The highest BCUT2D eigenvalue weighted by atomic mass is 32.1. The largest absolute Gasteiger partial charge is 0.477 e. The topological polar surface area (TPSA) is 66.4 Å². The summed E-state index contributed by atoms with van der Waals surface area (Å²) in [4.78, 5) is 23.4. The molecule has 0 aromatic carbocycles. The number of carboxylic acids is 1. The highest BCUT2D eigenvalue weighted by Gasteiger charge is 2.32. The van der Waals surface area contributed by atoms with Gasteiger partial charge in [-0.05, 0) is 36.8 Å². The summed E-state index contributed by atoms with van der Waals surface area (Å²) in [5.74, 6) is -1.14. The average molecular weight is 267 g/mol. The maximum atomic E-state index is 12.0. The van der Waals surface area contributed by atoms with Crippen LogP contribution in [0.15, 0.2) is 12.1 Å². The van der Waals surface area contributed by atoms with Crippen LogP contribution in [0.4, 0.5) is 0 Å². The molecule has 1 aliphatic carbocycles. The van der Waals surface area contributed by atoms with Gasteiger partial charge in [0.25, 0.3) is 5.91 Å². The van der Waals surface area contributed by atoms with Gasteiger partial charge >= 0.3 is 5.97 Å². The first kappa shape index (κ1) is 13.1. The molecular weight excluding hydrogens is 250 g/mol. The quantitative estimate of drug-likeness (QED) is 0.885. The minimum Gasteiger partial charge on any atom is -0.477 e. The van der Waals surface area contributed by atoms with Gasteiger partial charge in [-0.25, -0.2) is 4.79 Å². The lowest BCUT2D eigenvalue weighted by Crippen LogP contribution is -2.32. The monoisotopic (exact) mass is 267 g/mol. The Hall–Kier alpha value is -1.36. The van der Waals surface area contributed by atoms with Crippen molar-refractivity contribution in [3.8, 4) is 0 Å². The van der Waals surface area contributed by atoms with Gasteiger partial charge in [-0.2, -0.15) is 0 Å². The van der Waals surface area contributed by atoms with E-state index in [1.807, 2.05) is 0 Å². The number of nitrogens with one attached hydrogen (secondary N) is 1. The van der Waals surface area contributed by atoms with E-state index in [2.05, 4.69) is 19.2 Å². The standard InChI is InChI=1S/C13H17NO3S/c1-13(2)6-5-8(7-13)14-11(15)9-3-4-10(18-9)12(16)17/h3-4,8H,5-7H2,1-2H3,(H,14,15)(H,16,17). The van der Waals surface area contributed by atoms with Crippen molar-refractivity contribution in [1.29, 1.82) is 0 Å². The number of carbonyl (C=O) groups is 2. The number of carboxylic acid groups (broad SMARTS) is 1. The molecule has 1 aliphatic rings. The Morgan fingerprint density at radius 1 is 1.39 bits per heavy atom. The van der Waals surface area contributed by atoms with Crippen molar-refractivity contribution < 1.29 is 14.7 Å². The summed E-state index contributed by atoms with van der Waals surface area (Å²) in [6, 6.07) is 3.26. The van der Waals surface area contributed by atoms with Crippen molar-refractivity contribution in [1.82, 2.24) is 5.32 Å². The van der Waals surface area contributed by atoms with E-state index in [0.29, 0.717) is 10.3 Å². The first-order chi connectivity index (χ1) is 8.37. The molecule has 4 nitrogen and oxygen atoms in total. The van der Waals surface area contributed by atoms with Gasteiger partial charge in [0.1, 0.15) is 4.88 Å². The van der Waals surface area contributed by atoms with E-state index in [1.54, 1.807) is 6.07 Å². The predicted molar refractivity (Wildman–Crippen MR) is 70.2 cm³/mol. The molecule has 98 valence electrons. The third-order valence-corrected chi connectivity index (χ3v) is 4.42. The molecule has 0 radical (unpaired) electrons. The summed E-state index contributed by atoms with van der Waals surface area (Å²) >= 11 is 1.02. The van der Waals surface area contributed by atoms with Crippen LogP contribution >= 0.6 is 11.3 Å². The average Bonchev–Trinajstić information content (AvgIpc) is 2.85. The minimum atomic E-state index is -0.985. The third-order valence-electron chi connectivity index (χ3n) is 3.34. The van der Waals surface area contributed by atoms with Crippen LogP contribution < -0.4 is 5.32 Å². The molecule has 0 bridgehead atoms. The number of rotatable bonds is 3. The fourth-order valence-corrected chi connectivity index (χ4v) is 3.14. The van der Waals surface area contributed by atoms with Crippen LogP contribution in [0.1, 0.15) is 52.5 Å². The van der Waals surface area contributed by atoms with Gasteiger partial charge in [-0.15, -0.1) is 11.3 Å². The van der Waals surface area contributed by atoms with Crippen LogP contribution in [0.25, 0.3) is 0 Å². The molecule has 2 rings (SSSR count). The molecule has 5 heteroatoms. The molecule has 0 saturated heterocycles. The van der Waals surface area contributed by atoms with E-state index in [4.69, 9.17) is 5.11 Å². The summed E-state index contributed by atoms with van der Waals surface area (Å²) in [5.41, 5.74) is 0.291. The SMILES string of the molecule is CC1(C)CCC(NC(=O)c2ccc(C(=O)O)s2)C1. The molecule has 1 aromatic rings. The highest BCUT2D eigenvalue weighted by molar-refractivity contribution is 7.15. The van der Waals surface area contributed by atoms with Gasteiger partial charge in [-0.3, -0.25) is 4.79 Å². The van der Waals surface area contributed by atoms with Gasteiger partial charge in [0.05, 0.1) is 4.88 Å². The smallest absolute Gasteiger partial charge is 0.345 e. The maximum absolute atomic E-state index is 12.0. The van der Waals surface area contributed by atoms with E-state index in [0.717, 1.165) is 30.6 Å². The molecule has 1 amide bonds. The van der Waals surface area contributed by atoms with Crippen molar-refractivity contribution in [2.45, 2.75) is 39.2 Å². The van der Waals surface area contributed by atoms with Crippen LogP contribution in [0, 0.1) is 5.41 Å². The number of aromatic carboxylic acids is 1. The summed E-state index contributed by atoms with van der Waals surface area (Å²) < 4.78 is 0. The second kappa shape index (κ2) is 4.72. The Bertz CT molecular complexity index is 478. The second-order valence-corrected chi connectivity index (χ2v) is 6.63. The van der Waals surface area contributed by atoms with E-state index in [1.165, 1.54) is 6.07 Å². The molecule has 1 saturated carbocycles. The Morgan fingerprint density at radius 3 is 2.56 bits per heavy atom. The first-order valence-electron chi connectivity index (χ1n) is 6.01.